The van der Waals surface area contributed by atoms with E-state index in [1.54, 1.807) is 0 Å². The van der Waals surface area contributed by atoms with Crippen molar-refractivity contribution in [3.05, 3.63) is 0 Å². The Morgan fingerprint density at radius 3 is 2.62 bits per heavy atom. The highest BCUT2D eigenvalue weighted by atomic mass is 16.5. The number of rotatable bonds is 9. The largest absolute Gasteiger partial charge is 0.479 e. The lowest BCUT2D eigenvalue weighted by Crippen LogP contribution is -2.32. The average Bonchev–Trinajstić information content (AvgIpc) is 2.24. The van der Waals surface area contributed by atoms with E-state index in [2.05, 4.69) is 5.32 Å². The summed E-state index contributed by atoms with van der Waals surface area (Å²) in [5.74, 6) is -1.65. The van der Waals surface area contributed by atoms with Crippen LogP contribution in [0.5, 0.6) is 0 Å². The van der Waals surface area contributed by atoms with Gasteiger partial charge < -0.3 is 25.0 Å². The van der Waals surface area contributed by atoms with E-state index in [0.29, 0.717) is 13.2 Å². The van der Waals surface area contributed by atoms with Crippen molar-refractivity contribution >= 4 is 11.9 Å². The van der Waals surface area contributed by atoms with Gasteiger partial charge in [-0.05, 0) is 0 Å². The number of aliphatic hydroxyl groups excluding tert-OH is 1. The molecule has 1 atom stereocenters. The van der Waals surface area contributed by atoms with Gasteiger partial charge in [0.2, 0.25) is 5.91 Å². The van der Waals surface area contributed by atoms with Crippen molar-refractivity contribution in [2.75, 3.05) is 33.5 Å². The first-order chi connectivity index (χ1) is 7.57. The van der Waals surface area contributed by atoms with Gasteiger partial charge in [-0.1, -0.05) is 0 Å². The molecule has 16 heavy (non-hydrogen) atoms. The Morgan fingerprint density at radius 1 is 1.38 bits per heavy atom. The van der Waals surface area contributed by atoms with Crippen molar-refractivity contribution in [2.45, 2.75) is 12.5 Å². The second-order valence-electron chi connectivity index (χ2n) is 3.04. The zero-order chi connectivity index (χ0) is 12.4. The minimum atomic E-state index is -1.45. The van der Waals surface area contributed by atoms with E-state index in [0.717, 1.165) is 0 Å². The molecule has 0 saturated heterocycles. The summed E-state index contributed by atoms with van der Waals surface area (Å²) in [6.45, 7) is 0.721. The van der Waals surface area contributed by atoms with Crippen LogP contribution in [0.25, 0.3) is 0 Å². The predicted octanol–water partition coefficient (Wildman–Crippen LogP) is -1.40. The van der Waals surface area contributed by atoms with Gasteiger partial charge in [-0.3, -0.25) is 4.79 Å². The number of carbonyl (C=O) groups excluding carboxylic acids is 1. The summed E-state index contributed by atoms with van der Waals surface area (Å²) >= 11 is 0. The van der Waals surface area contributed by atoms with Crippen LogP contribution >= 0.6 is 0 Å². The van der Waals surface area contributed by atoms with Crippen molar-refractivity contribution < 1.29 is 29.3 Å². The van der Waals surface area contributed by atoms with Crippen LogP contribution in [-0.4, -0.2) is 61.7 Å². The van der Waals surface area contributed by atoms with Crippen LogP contribution in [0.2, 0.25) is 0 Å². The average molecular weight is 235 g/mol. The number of nitrogens with one attached hydrogen (secondary N) is 1. The zero-order valence-corrected chi connectivity index (χ0v) is 9.14. The van der Waals surface area contributed by atoms with Crippen LogP contribution < -0.4 is 5.32 Å². The number of carbonyl (C=O) groups is 2. The molecular formula is C9H17NO6. The minimum absolute atomic E-state index is 0.0286. The van der Waals surface area contributed by atoms with Crippen LogP contribution in [0.3, 0.4) is 0 Å². The van der Waals surface area contributed by atoms with Crippen LogP contribution in [0, 0.1) is 0 Å². The Hall–Kier alpha value is -1.18. The second kappa shape index (κ2) is 9.08. The molecule has 1 amide bonds. The molecule has 3 N–H and O–H groups in total. The molecule has 7 nitrogen and oxygen atoms in total. The molecule has 0 radical (unpaired) electrons. The van der Waals surface area contributed by atoms with E-state index in [-0.39, 0.29) is 25.5 Å². The summed E-state index contributed by atoms with van der Waals surface area (Å²) in [5, 5.41) is 19.7. The maximum atomic E-state index is 11.1. The summed E-state index contributed by atoms with van der Waals surface area (Å²) in [7, 11) is 1.52. The maximum Gasteiger partial charge on any atom is 0.332 e. The molecule has 0 aliphatic rings. The predicted molar refractivity (Wildman–Crippen MR) is 54.0 cm³/mol. The zero-order valence-electron chi connectivity index (χ0n) is 9.14. The fourth-order valence-corrected chi connectivity index (χ4v) is 0.830. The maximum absolute atomic E-state index is 11.1. The van der Waals surface area contributed by atoms with Gasteiger partial charge in [0.15, 0.2) is 6.10 Å². The number of amides is 1. The highest BCUT2D eigenvalue weighted by Gasteiger charge is 2.12. The molecule has 0 heterocycles. The fraction of sp³-hybridized carbons (Fsp3) is 0.778. The monoisotopic (exact) mass is 235 g/mol. The fourth-order valence-electron chi connectivity index (χ4n) is 0.830. The molecule has 0 spiro atoms. The minimum Gasteiger partial charge on any atom is -0.479 e. The number of hydrogen-bond acceptors (Lipinski definition) is 5. The van der Waals surface area contributed by atoms with Gasteiger partial charge in [0.1, 0.15) is 6.61 Å². The van der Waals surface area contributed by atoms with Crippen LogP contribution in [0.1, 0.15) is 6.42 Å². The summed E-state index contributed by atoms with van der Waals surface area (Å²) in [4.78, 5) is 21.3. The third-order valence-corrected chi connectivity index (χ3v) is 1.69. The van der Waals surface area contributed by atoms with Gasteiger partial charge in [0.25, 0.3) is 0 Å². The SMILES string of the molecule is COCCOCC(=O)NCC[C@H](O)C(=O)O. The number of aliphatic carboxylic acids is 1. The molecule has 0 rings (SSSR count). The molecule has 7 heteroatoms. The number of carboxylic acids is 1. The lowest BCUT2D eigenvalue weighted by molar-refractivity contribution is -0.147. The highest BCUT2D eigenvalue weighted by Crippen LogP contribution is 1.89. The lowest BCUT2D eigenvalue weighted by Gasteiger charge is -2.07. The first kappa shape index (κ1) is 14.8. The summed E-state index contributed by atoms with van der Waals surface area (Å²) in [6, 6.07) is 0. The van der Waals surface area contributed by atoms with Crippen molar-refractivity contribution in [3.8, 4) is 0 Å². The number of ether oxygens (including phenoxy) is 2. The Morgan fingerprint density at radius 2 is 2.06 bits per heavy atom. The van der Waals surface area contributed by atoms with Gasteiger partial charge in [0.05, 0.1) is 13.2 Å². The third kappa shape index (κ3) is 8.16. The normalized spacial score (nSPS) is 12.1. The first-order valence-electron chi connectivity index (χ1n) is 4.82. The number of aliphatic hydroxyl groups is 1. The van der Waals surface area contributed by atoms with Crippen molar-refractivity contribution in [1.29, 1.82) is 0 Å². The second-order valence-corrected chi connectivity index (χ2v) is 3.04. The Bertz CT molecular complexity index is 220. The molecule has 0 aliphatic heterocycles. The van der Waals surface area contributed by atoms with Crippen molar-refractivity contribution in [1.82, 2.24) is 5.32 Å². The smallest absolute Gasteiger partial charge is 0.332 e. The lowest BCUT2D eigenvalue weighted by atomic mass is 10.2. The molecule has 0 fully saturated rings. The molecular weight excluding hydrogens is 218 g/mol. The number of methoxy groups -OCH3 is 1. The van der Waals surface area contributed by atoms with E-state index in [9.17, 15) is 9.59 Å². The van der Waals surface area contributed by atoms with E-state index >= 15 is 0 Å². The van der Waals surface area contributed by atoms with Crippen LogP contribution in [0.4, 0.5) is 0 Å². The molecule has 0 saturated carbocycles. The summed E-state index contributed by atoms with van der Waals surface area (Å²) < 4.78 is 9.63. The van der Waals surface area contributed by atoms with E-state index < -0.39 is 12.1 Å². The molecule has 0 aliphatic carbocycles. The van der Waals surface area contributed by atoms with Crippen LogP contribution in [-0.2, 0) is 19.1 Å². The van der Waals surface area contributed by atoms with Crippen molar-refractivity contribution in [2.24, 2.45) is 0 Å². The molecule has 94 valence electrons. The quantitative estimate of drug-likeness (QED) is 0.424. The number of carboxylic acid groups (broad SMARTS) is 1. The standard InChI is InChI=1S/C9H17NO6/c1-15-4-5-16-6-8(12)10-3-2-7(11)9(13)14/h7,11H,2-6H2,1H3,(H,10,12)(H,13,14)/t7-/m0/s1. The molecule has 0 bridgehead atoms. The Balaban J connectivity index is 3.40. The van der Waals surface area contributed by atoms with Gasteiger partial charge in [0, 0.05) is 20.1 Å². The highest BCUT2D eigenvalue weighted by molar-refractivity contribution is 5.77. The molecule has 0 unspecified atom stereocenters. The third-order valence-electron chi connectivity index (χ3n) is 1.69. The van der Waals surface area contributed by atoms with E-state index in [1.807, 2.05) is 0 Å². The topological polar surface area (TPSA) is 105 Å². The van der Waals surface area contributed by atoms with Crippen LogP contribution in [0.15, 0.2) is 0 Å². The van der Waals surface area contributed by atoms with E-state index in [4.69, 9.17) is 19.7 Å². The Labute approximate surface area is 93.3 Å². The number of hydrogen-bond donors (Lipinski definition) is 3. The van der Waals surface area contributed by atoms with Gasteiger partial charge in [-0.15, -0.1) is 0 Å². The van der Waals surface area contributed by atoms with Crippen molar-refractivity contribution in [3.63, 3.8) is 0 Å². The molecule has 0 aromatic carbocycles. The van der Waals surface area contributed by atoms with E-state index in [1.165, 1.54) is 7.11 Å². The summed E-state index contributed by atoms with van der Waals surface area (Å²) in [5.41, 5.74) is 0. The van der Waals surface area contributed by atoms with Gasteiger partial charge >= 0.3 is 5.97 Å². The first-order valence-corrected chi connectivity index (χ1v) is 4.82. The summed E-state index contributed by atoms with van der Waals surface area (Å²) in [6.07, 6.45) is -1.48. The van der Waals surface area contributed by atoms with Gasteiger partial charge in [-0.2, -0.15) is 0 Å². The van der Waals surface area contributed by atoms with Gasteiger partial charge in [-0.25, -0.2) is 4.79 Å². The Kier molecular flexibility index (Phi) is 8.41. The molecule has 0 aromatic rings. The molecule has 0 aromatic heterocycles.